The molecule has 4 nitrogen and oxygen atoms in total. The summed E-state index contributed by atoms with van der Waals surface area (Å²) in [5.74, 6) is 0. The van der Waals surface area contributed by atoms with Gasteiger partial charge in [0, 0.05) is 6.54 Å². The Morgan fingerprint density at radius 1 is 1.73 bits per heavy atom. The molecule has 0 aliphatic carbocycles. The SMILES string of the molecule is CNCC1OC(=O)NC1(C)C. The minimum Gasteiger partial charge on any atom is -0.442 e. The van der Waals surface area contributed by atoms with Crippen LogP contribution in [-0.4, -0.2) is 31.3 Å². The normalized spacial score (nSPS) is 27.9. The Labute approximate surface area is 66.3 Å². The van der Waals surface area contributed by atoms with Crippen LogP contribution >= 0.6 is 0 Å². The summed E-state index contributed by atoms with van der Waals surface area (Å²) >= 11 is 0. The molecule has 0 aromatic rings. The van der Waals surface area contributed by atoms with E-state index >= 15 is 0 Å². The van der Waals surface area contributed by atoms with E-state index in [0.717, 1.165) is 0 Å². The van der Waals surface area contributed by atoms with Gasteiger partial charge in [0.2, 0.25) is 0 Å². The maximum atomic E-state index is 10.8. The Bertz CT molecular complexity index is 168. The minimum atomic E-state index is -0.324. The fraction of sp³-hybridized carbons (Fsp3) is 0.857. The third kappa shape index (κ3) is 1.63. The van der Waals surface area contributed by atoms with Crippen molar-refractivity contribution in [2.75, 3.05) is 13.6 Å². The molecule has 0 spiro atoms. The Morgan fingerprint density at radius 2 is 2.36 bits per heavy atom. The first kappa shape index (κ1) is 8.33. The molecule has 2 N–H and O–H groups in total. The van der Waals surface area contributed by atoms with Crippen molar-refractivity contribution in [3.8, 4) is 0 Å². The first-order valence-electron chi connectivity index (χ1n) is 3.69. The molecular weight excluding hydrogens is 144 g/mol. The zero-order valence-electron chi connectivity index (χ0n) is 7.10. The van der Waals surface area contributed by atoms with Gasteiger partial charge in [-0.3, -0.25) is 0 Å². The highest BCUT2D eigenvalue weighted by atomic mass is 16.6. The van der Waals surface area contributed by atoms with Gasteiger partial charge in [-0.15, -0.1) is 0 Å². The Morgan fingerprint density at radius 3 is 2.73 bits per heavy atom. The lowest BCUT2D eigenvalue weighted by molar-refractivity contribution is 0.117. The number of amides is 1. The minimum absolute atomic E-state index is 0.0694. The Balaban J connectivity index is 2.58. The quantitative estimate of drug-likeness (QED) is 0.599. The first-order chi connectivity index (χ1) is 5.06. The van der Waals surface area contributed by atoms with Gasteiger partial charge in [0.1, 0.15) is 6.10 Å². The molecule has 1 atom stereocenters. The molecule has 1 aliphatic rings. The number of likely N-dealkylation sites (N-methyl/N-ethyl adjacent to an activating group) is 1. The maximum Gasteiger partial charge on any atom is 0.408 e. The predicted octanol–water partition coefficient (Wildman–Crippen LogP) is 0.0928. The number of alkyl carbamates (subject to hydrolysis) is 1. The van der Waals surface area contributed by atoms with E-state index < -0.39 is 0 Å². The van der Waals surface area contributed by atoms with Crippen molar-refractivity contribution in [3.05, 3.63) is 0 Å². The molecule has 0 saturated carbocycles. The standard InChI is InChI=1S/C7H14N2O2/c1-7(2)5(4-8-3)11-6(10)9-7/h5,8H,4H2,1-3H3,(H,9,10). The molecule has 1 heterocycles. The molecule has 0 aromatic carbocycles. The van der Waals surface area contributed by atoms with Crippen LogP contribution < -0.4 is 10.6 Å². The molecule has 1 amide bonds. The third-order valence-corrected chi connectivity index (χ3v) is 1.87. The molecular formula is C7H14N2O2. The van der Waals surface area contributed by atoms with Crippen molar-refractivity contribution >= 4 is 6.09 Å². The number of cyclic esters (lactones) is 1. The summed E-state index contributed by atoms with van der Waals surface area (Å²) in [6, 6.07) is 0. The smallest absolute Gasteiger partial charge is 0.408 e. The zero-order chi connectivity index (χ0) is 8.48. The fourth-order valence-corrected chi connectivity index (χ4v) is 1.13. The van der Waals surface area contributed by atoms with E-state index in [4.69, 9.17) is 4.74 Å². The highest BCUT2D eigenvalue weighted by molar-refractivity contribution is 5.71. The van der Waals surface area contributed by atoms with Gasteiger partial charge in [0.25, 0.3) is 0 Å². The topological polar surface area (TPSA) is 50.4 Å². The highest BCUT2D eigenvalue weighted by Gasteiger charge is 2.40. The van der Waals surface area contributed by atoms with E-state index in [0.29, 0.717) is 6.54 Å². The molecule has 4 heteroatoms. The Kier molecular flexibility index (Phi) is 2.04. The van der Waals surface area contributed by atoms with Crippen molar-refractivity contribution in [1.29, 1.82) is 0 Å². The molecule has 1 aliphatic heterocycles. The molecule has 11 heavy (non-hydrogen) atoms. The summed E-state index contributed by atoms with van der Waals surface area (Å²) in [6.07, 6.45) is -0.393. The van der Waals surface area contributed by atoms with Crippen LogP contribution in [0.25, 0.3) is 0 Å². The molecule has 64 valence electrons. The van der Waals surface area contributed by atoms with E-state index in [1.165, 1.54) is 0 Å². The summed E-state index contributed by atoms with van der Waals surface area (Å²) in [5.41, 5.74) is -0.250. The number of ether oxygens (including phenoxy) is 1. The summed E-state index contributed by atoms with van der Waals surface area (Å²) in [4.78, 5) is 10.8. The molecule has 1 saturated heterocycles. The lowest BCUT2D eigenvalue weighted by Gasteiger charge is -2.22. The van der Waals surface area contributed by atoms with Gasteiger partial charge in [-0.25, -0.2) is 4.79 Å². The summed E-state index contributed by atoms with van der Waals surface area (Å²) < 4.78 is 5.00. The first-order valence-corrected chi connectivity index (χ1v) is 3.69. The predicted molar refractivity (Wildman–Crippen MR) is 41.4 cm³/mol. The van der Waals surface area contributed by atoms with Crippen LogP contribution in [0.5, 0.6) is 0 Å². The van der Waals surface area contributed by atoms with Crippen molar-refractivity contribution in [2.45, 2.75) is 25.5 Å². The maximum absolute atomic E-state index is 10.8. The number of nitrogens with one attached hydrogen (secondary N) is 2. The lowest BCUT2D eigenvalue weighted by atomic mass is 9.99. The Hall–Kier alpha value is -0.770. The van der Waals surface area contributed by atoms with Gasteiger partial charge >= 0.3 is 6.09 Å². The van der Waals surface area contributed by atoms with Crippen LogP contribution in [0.1, 0.15) is 13.8 Å². The lowest BCUT2D eigenvalue weighted by Crippen LogP contribution is -2.46. The number of carbonyl (C=O) groups excluding carboxylic acids is 1. The molecule has 1 fully saturated rings. The van der Waals surface area contributed by atoms with Crippen LogP contribution in [0.15, 0.2) is 0 Å². The third-order valence-electron chi connectivity index (χ3n) is 1.87. The molecule has 1 rings (SSSR count). The second-order valence-electron chi connectivity index (χ2n) is 3.30. The van der Waals surface area contributed by atoms with Crippen LogP contribution in [0.2, 0.25) is 0 Å². The highest BCUT2D eigenvalue weighted by Crippen LogP contribution is 2.18. The van der Waals surface area contributed by atoms with Gasteiger partial charge in [-0.1, -0.05) is 0 Å². The van der Waals surface area contributed by atoms with E-state index in [1.54, 1.807) is 0 Å². The number of hydrogen-bond donors (Lipinski definition) is 2. The second kappa shape index (κ2) is 2.70. The monoisotopic (exact) mass is 158 g/mol. The summed E-state index contributed by atoms with van der Waals surface area (Å²) in [6.45, 7) is 4.57. The van der Waals surface area contributed by atoms with E-state index in [2.05, 4.69) is 10.6 Å². The van der Waals surface area contributed by atoms with Crippen LogP contribution in [-0.2, 0) is 4.74 Å². The molecule has 1 unspecified atom stereocenters. The summed E-state index contributed by atoms with van der Waals surface area (Å²) in [5, 5.41) is 5.70. The van der Waals surface area contributed by atoms with Crippen LogP contribution in [0.4, 0.5) is 4.79 Å². The van der Waals surface area contributed by atoms with E-state index in [9.17, 15) is 4.79 Å². The second-order valence-corrected chi connectivity index (χ2v) is 3.30. The average molecular weight is 158 g/mol. The average Bonchev–Trinajstić information content (AvgIpc) is 2.07. The van der Waals surface area contributed by atoms with Gasteiger partial charge in [-0.05, 0) is 20.9 Å². The summed E-state index contributed by atoms with van der Waals surface area (Å²) in [7, 11) is 1.84. The molecule has 0 radical (unpaired) electrons. The number of carbonyl (C=O) groups is 1. The van der Waals surface area contributed by atoms with Gasteiger partial charge in [0.15, 0.2) is 0 Å². The van der Waals surface area contributed by atoms with E-state index in [-0.39, 0.29) is 17.7 Å². The number of hydrogen-bond acceptors (Lipinski definition) is 3. The van der Waals surface area contributed by atoms with Crippen molar-refractivity contribution < 1.29 is 9.53 Å². The van der Waals surface area contributed by atoms with Gasteiger partial charge in [0.05, 0.1) is 5.54 Å². The van der Waals surface area contributed by atoms with Crippen LogP contribution in [0.3, 0.4) is 0 Å². The van der Waals surface area contributed by atoms with Gasteiger partial charge in [-0.2, -0.15) is 0 Å². The number of rotatable bonds is 2. The van der Waals surface area contributed by atoms with Crippen LogP contribution in [0, 0.1) is 0 Å². The zero-order valence-corrected chi connectivity index (χ0v) is 7.10. The molecule has 0 aromatic heterocycles. The van der Waals surface area contributed by atoms with Gasteiger partial charge < -0.3 is 15.4 Å². The largest absolute Gasteiger partial charge is 0.442 e. The van der Waals surface area contributed by atoms with Crippen molar-refractivity contribution in [3.63, 3.8) is 0 Å². The van der Waals surface area contributed by atoms with Crippen molar-refractivity contribution in [1.82, 2.24) is 10.6 Å². The molecule has 0 bridgehead atoms. The van der Waals surface area contributed by atoms with Crippen molar-refractivity contribution in [2.24, 2.45) is 0 Å². The fourth-order valence-electron chi connectivity index (χ4n) is 1.13. The van der Waals surface area contributed by atoms with E-state index in [1.807, 2.05) is 20.9 Å².